The molecular formula is C24H22O5. The van der Waals surface area contributed by atoms with Crippen molar-refractivity contribution in [3.8, 4) is 22.8 Å². The Balaban J connectivity index is 2.07. The van der Waals surface area contributed by atoms with E-state index < -0.39 is 11.9 Å². The Morgan fingerprint density at radius 3 is 2.38 bits per heavy atom. The number of ether oxygens (including phenoxy) is 2. The normalized spacial score (nSPS) is 11.0. The van der Waals surface area contributed by atoms with Crippen LogP contribution >= 0.6 is 0 Å². The summed E-state index contributed by atoms with van der Waals surface area (Å²) in [5, 5.41) is 0.869. The number of benzene rings is 2. The lowest BCUT2D eigenvalue weighted by molar-refractivity contribution is -0.132. The van der Waals surface area contributed by atoms with Crippen LogP contribution in [-0.2, 0) is 9.59 Å². The zero-order chi connectivity index (χ0) is 21.1. The van der Waals surface area contributed by atoms with Crippen molar-refractivity contribution in [3.05, 3.63) is 65.8 Å². The molecule has 5 heteroatoms. The van der Waals surface area contributed by atoms with Crippen molar-refractivity contribution < 1.29 is 23.5 Å². The number of carbonyl (C=O) groups is 2. The third-order valence-corrected chi connectivity index (χ3v) is 4.17. The van der Waals surface area contributed by atoms with Crippen LogP contribution < -0.4 is 9.47 Å². The van der Waals surface area contributed by atoms with E-state index in [1.165, 1.54) is 13.8 Å². The molecule has 29 heavy (non-hydrogen) atoms. The maximum absolute atomic E-state index is 11.6. The lowest BCUT2D eigenvalue weighted by Crippen LogP contribution is -2.04. The summed E-state index contributed by atoms with van der Waals surface area (Å²) in [6.07, 6.45) is 3.75. The van der Waals surface area contributed by atoms with E-state index in [1.807, 2.05) is 44.2 Å². The molecule has 0 saturated carbocycles. The van der Waals surface area contributed by atoms with Gasteiger partial charge in [-0.2, -0.15) is 0 Å². The lowest BCUT2D eigenvalue weighted by Gasteiger charge is -2.11. The highest BCUT2D eigenvalue weighted by Gasteiger charge is 2.14. The van der Waals surface area contributed by atoms with Gasteiger partial charge in [0.1, 0.15) is 22.8 Å². The largest absolute Gasteiger partial charge is 0.456 e. The minimum Gasteiger partial charge on any atom is -0.456 e. The minimum atomic E-state index is -0.401. The number of rotatable bonds is 5. The van der Waals surface area contributed by atoms with Crippen LogP contribution in [0.1, 0.15) is 31.9 Å². The quantitative estimate of drug-likeness (QED) is 0.311. The van der Waals surface area contributed by atoms with Gasteiger partial charge in [0, 0.05) is 36.4 Å². The summed E-state index contributed by atoms with van der Waals surface area (Å²) < 4.78 is 16.5. The van der Waals surface area contributed by atoms with E-state index in [9.17, 15) is 9.59 Å². The number of furan rings is 1. The minimum absolute atomic E-state index is 0.392. The smallest absolute Gasteiger partial charge is 0.308 e. The average Bonchev–Trinajstić information content (AvgIpc) is 3.03. The topological polar surface area (TPSA) is 65.7 Å². The van der Waals surface area contributed by atoms with Crippen molar-refractivity contribution in [2.75, 3.05) is 0 Å². The van der Waals surface area contributed by atoms with Gasteiger partial charge in [0.2, 0.25) is 0 Å². The highest BCUT2D eigenvalue weighted by atomic mass is 16.5. The van der Waals surface area contributed by atoms with E-state index in [-0.39, 0.29) is 0 Å². The number of fused-ring (bicyclic) bond motifs is 1. The summed E-state index contributed by atoms with van der Waals surface area (Å²) in [4.78, 5) is 22.8. The molecule has 0 saturated heterocycles. The van der Waals surface area contributed by atoms with Crippen LogP contribution in [0.15, 0.2) is 59.0 Å². The molecule has 1 aromatic heterocycles. The first-order valence-electron chi connectivity index (χ1n) is 9.12. The van der Waals surface area contributed by atoms with Crippen molar-refractivity contribution in [3.63, 3.8) is 0 Å². The standard InChI is InChI=1S/C24H22O5/c1-14(2)6-9-21-15(3)10-19(12-24(21)28-17(5)26)22-11-18-7-8-20(27-16(4)25)13-23(18)29-22/h6-13H,1H2,2-5H3/b9-6+. The van der Waals surface area contributed by atoms with Crippen LogP contribution in [0.4, 0.5) is 0 Å². The van der Waals surface area contributed by atoms with Crippen molar-refractivity contribution in [1.82, 2.24) is 0 Å². The predicted octanol–water partition coefficient (Wildman–Crippen LogP) is 5.85. The van der Waals surface area contributed by atoms with Gasteiger partial charge in [0.15, 0.2) is 0 Å². The van der Waals surface area contributed by atoms with Crippen molar-refractivity contribution in [2.45, 2.75) is 27.7 Å². The molecule has 0 fully saturated rings. The molecule has 3 rings (SSSR count). The first-order chi connectivity index (χ1) is 13.7. The van der Waals surface area contributed by atoms with Crippen LogP contribution in [-0.4, -0.2) is 11.9 Å². The number of carbonyl (C=O) groups excluding carboxylic acids is 2. The Morgan fingerprint density at radius 2 is 1.72 bits per heavy atom. The summed E-state index contributed by atoms with van der Waals surface area (Å²) in [5.74, 6) is 0.694. The fourth-order valence-corrected chi connectivity index (χ4v) is 2.97. The Hall–Kier alpha value is -3.60. The first kappa shape index (κ1) is 20.1. The summed E-state index contributed by atoms with van der Waals surface area (Å²) in [5.41, 5.74) is 3.99. The summed E-state index contributed by atoms with van der Waals surface area (Å²) in [6, 6.07) is 10.8. The molecule has 0 unspecified atom stereocenters. The highest BCUT2D eigenvalue weighted by molar-refractivity contribution is 5.85. The van der Waals surface area contributed by atoms with Gasteiger partial charge in [0.25, 0.3) is 0 Å². The number of hydrogen-bond donors (Lipinski definition) is 0. The maximum atomic E-state index is 11.6. The molecule has 1 heterocycles. The Bertz CT molecular complexity index is 1150. The SMILES string of the molecule is C=C(C)/C=C/c1c(C)cc(-c2cc3ccc(OC(C)=O)cc3o2)cc1OC(C)=O. The predicted molar refractivity (Wildman–Crippen MR) is 113 cm³/mol. The van der Waals surface area contributed by atoms with Crippen molar-refractivity contribution in [2.24, 2.45) is 0 Å². The number of allylic oxidation sites excluding steroid dienone is 2. The lowest BCUT2D eigenvalue weighted by atomic mass is 10.0. The molecule has 3 aromatic rings. The Morgan fingerprint density at radius 1 is 1.00 bits per heavy atom. The molecule has 5 nitrogen and oxygen atoms in total. The molecule has 0 N–H and O–H groups in total. The molecule has 148 valence electrons. The zero-order valence-corrected chi connectivity index (χ0v) is 16.9. The van der Waals surface area contributed by atoms with Gasteiger partial charge in [0.05, 0.1) is 0 Å². The third kappa shape index (κ3) is 4.82. The molecule has 0 atom stereocenters. The van der Waals surface area contributed by atoms with Crippen LogP contribution in [0.3, 0.4) is 0 Å². The van der Waals surface area contributed by atoms with Crippen molar-refractivity contribution in [1.29, 1.82) is 0 Å². The summed E-state index contributed by atoms with van der Waals surface area (Å²) in [6.45, 7) is 10.4. The van der Waals surface area contributed by atoms with E-state index in [0.717, 1.165) is 27.6 Å². The first-order valence-corrected chi connectivity index (χ1v) is 9.12. The molecule has 0 aliphatic rings. The van der Waals surface area contributed by atoms with Crippen LogP contribution in [0, 0.1) is 6.92 Å². The van der Waals surface area contributed by atoms with E-state index in [1.54, 1.807) is 18.2 Å². The van der Waals surface area contributed by atoms with Gasteiger partial charge >= 0.3 is 11.9 Å². The molecular weight excluding hydrogens is 368 g/mol. The van der Waals surface area contributed by atoms with E-state index in [4.69, 9.17) is 13.9 Å². The second-order valence-corrected chi connectivity index (χ2v) is 6.88. The van der Waals surface area contributed by atoms with Crippen LogP contribution in [0.25, 0.3) is 28.4 Å². The van der Waals surface area contributed by atoms with Gasteiger partial charge in [-0.1, -0.05) is 24.3 Å². The number of esters is 2. The van der Waals surface area contributed by atoms with Crippen LogP contribution in [0.2, 0.25) is 0 Å². The molecule has 0 bridgehead atoms. The van der Waals surface area contributed by atoms with Gasteiger partial charge in [-0.05, 0) is 49.7 Å². The second-order valence-electron chi connectivity index (χ2n) is 6.88. The molecule has 0 aliphatic heterocycles. The number of aryl methyl sites for hydroxylation is 1. The fourth-order valence-electron chi connectivity index (χ4n) is 2.97. The number of hydrogen-bond acceptors (Lipinski definition) is 5. The van der Waals surface area contributed by atoms with E-state index >= 15 is 0 Å². The Labute approximate surface area is 169 Å². The zero-order valence-electron chi connectivity index (χ0n) is 16.9. The molecule has 0 spiro atoms. The third-order valence-electron chi connectivity index (χ3n) is 4.17. The van der Waals surface area contributed by atoms with Gasteiger partial charge < -0.3 is 13.9 Å². The molecule has 0 amide bonds. The Kier molecular flexibility index (Phi) is 5.69. The van der Waals surface area contributed by atoms with E-state index in [2.05, 4.69) is 6.58 Å². The average molecular weight is 390 g/mol. The van der Waals surface area contributed by atoms with E-state index in [0.29, 0.717) is 22.8 Å². The second kappa shape index (κ2) is 8.19. The van der Waals surface area contributed by atoms with Gasteiger partial charge in [-0.3, -0.25) is 9.59 Å². The fraction of sp³-hybridized carbons (Fsp3) is 0.167. The highest BCUT2D eigenvalue weighted by Crippen LogP contribution is 2.35. The molecule has 0 aliphatic carbocycles. The van der Waals surface area contributed by atoms with Crippen LogP contribution in [0.5, 0.6) is 11.5 Å². The summed E-state index contributed by atoms with van der Waals surface area (Å²) >= 11 is 0. The summed E-state index contributed by atoms with van der Waals surface area (Å²) in [7, 11) is 0. The molecule has 2 aromatic carbocycles. The molecule has 0 radical (unpaired) electrons. The monoisotopic (exact) mass is 390 g/mol. The van der Waals surface area contributed by atoms with Gasteiger partial charge in [-0.25, -0.2) is 0 Å². The van der Waals surface area contributed by atoms with Crippen molar-refractivity contribution >= 4 is 29.0 Å². The van der Waals surface area contributed by atoms with Gasteiger partial charge in [-0.15, -0.1) is 0 Å². The maximum Gasteiger partial charge on any atom is 0.308 e.